The Morgan fingerprint density at radius 3 is 2.65 bits per heavy atom. The minimum atomic E-state index is -0.142. The van der Waals surface area contributed by atoms with Crippen molar-refractivity contribution < 1.29 is 14.3 Å². The molecule has 5 rings (SSSR count). The van der Waals surface area contributed by atoms with Crippen LogP contribution in [0, 0.1) is 0 Å². The third-order valence-corrected chi connectivity index (χ3v) is 8.84. The molecule has 0 saturated carbocycles. The number of nitrogens with two attached hydrogens (primary N) is 1. The van der Waals surface area contributed by atoms with Crippen molar-refractivity contribution in [3.8, 4) is 11.4 Å². The predicted molar refractivity (Wildman–Crippen MR) is 148 cm³/mol. The Morgan fingerprint density at radius 2 is 1.86 bits per heavy atom. The lowest BCUT2D eigenvalue weighted by Crippen LogP contribution is -2.41. The normalized spacial score (nSPS) is 13.7. The molecule has 37 heavy (non-hydrogen) atoms. The number of carbonyl (C=O) groups is 2. The standard InChI is InChI=1S/C24H25N7O3S3/c1-30-22(15-2-4-16(25)5-3-15)28-29-23(30)35-13-20(32)26-17-6-7-18-19(12-17)37-24(27-18)36-14-21(33)31-8-10-34-11-9-31/h2-7,12H,8-11,13-14,25H2,1H3,(H,26,32). The molecular weight excluding hydrogens is 531 g/mol. The molecule has 0 spiro atoms. The van der Waals surface area contributed by atoms with Gasteiger partial charge in [-0.1, -0.05) is 23.5 Å². The molecule has 0 aliphatic carbocycles. The van der Waals surface area contributed by atoms with Crippen LogP contribution in [-0.2, 0) is 21.4 Å². The maximum atomic E-state index is 12.6. The molecule has 13 heteroatoms. The molecule has 3 N–H and O–H groups in total. The largest absolute Gasteiger partial charge is 0.399 e. The number of carbonyl (C=O) groups excluding carboxylic acids is 2. The van der Waals surface area contributed by atoms with Crippen LogP contribution in [0.5, 0.6) is 0 Å². The highest BCUT2D eigenvalue weighted by Crippen LogP contribution is 2.31. The van der Waals surface area contributed by atoms with Gasteiger partial charge in [0.05, 0.1) is 34.9 Å². The zero-order valence-corrected chi connectivity index (χ0v) is 22.5. The van der Waals surface area contributed by atoms with Gasteiger partial charge in [-0.05, 0) is 42.5 Å². The lowest BCUT2D eigenvalue weighted by molar-refractivity contribution is -0.132. The van der Waals surface area contributed by atoms with Crippen molar-refractivity contribution in [2.24, 2.45) is 7.05 Å². The number of anilines is 2. The molecule has 192 valence electrons. The number of morpholine rings is 1. The molecule has 1 saturated heterocycles. The van der Waals surface area contributed by atoms with Crippen molar-refractivity contribution in [3.05, 3.63) is 42.5 Å². The fourth-order valence-electron chi connectivity index (χ4n) is 3.72. The van der Waals surface area contributed by atoms with E-state index in [-0.39, 0.29) is 17.6 Å². The van der Waals surface area contributed by atoms with E-state index in [0.717, 1.165) is 20.1 Å². The highest BCUT2D eigenvalue weighted by Gasteiger charge is 2.18. The Kier molecular flexibility index (Phi) is 7.93. The number of nitrogens with zero attached hydrogens (tertiary/aromatic N) is 5. The number of ether oxygens (including phenoxy) is 1. The van der Waals surface area contributed by atoms with Gasteiger partial charge in [0, 0.05) is 37.1 Å². The first-order chi connectivity index (χ1) is 18.0. The van der Waals surface area contributed by atoms with Gasteiger partial charge >= 0.3 is 0 Å². The zero-order valence-electron chi connectivity index (χ0n) is 20.0. The highest BCUT2D eigenvalue weighted by atomic mass is 32.2. The Hall–Kier alpha value is -3.13. The molecule has 1 aliphatic rings. The number of fused-ring (bicyclic) bond motifs is 1. The van der Waals surface area contributed by atoms with Crippen LogP contribution in [0.15, 0.2) is 52.0 Å². The lowest BCUT2D eigenvalue weighted by atomic mass is 10.2. The van der Waals surface area contributed by atoms with E-state index in [2.05, 4.69) is 20.5 Å². The van der Waals surface area contributed by atoms with Gasteiger partial charge in [-0.2, -0.15) is 0 Å². The van der Waals surface area contributed by atoms with E-state index in [4.69, 9.17) is 10.5 Å². The molecule has 1 aliphatic heterocycles. The Bertz CT molecular complexity index is 1410. The first-order valence-electron chi connectivity index (χ1n) is 11.5. The molecule has 0 bridgehead atoms. The summed E-state index contributed by atoms with van der Waals surface area (Å²) in [6.07, 6.45) is 0. The van der Waals surface area contributed by atoms with E-state index < -0.39 is 0 Å². The molecule has 2 aromatic carbocycles. The third-order valence-electron chi connectivity index (χ3n) is 5.67. The summed E-state index contributed by atoms with van der Waals surface area (Å²) < 4.78 is 8.94. The lowest BCUT2D eigenvalue weighted by Gasteiger charge is -2.26. The molecule has 1 fully saturated rings. The number of thioether (sulfide) groups is 2. The molecule has 4 aromatic rings. The van der Waals surface area contributed by atoms with Crippen LogP contribution in [0.1, 0.15) is 0 Å². The van der Waals surface area contributed by atoms with Crippen molar-refractivity contribution in [3.63, 3.8) is 0 Å². The van der Waals surface area contributed by atoms with Crippen LogP contribution in [0.4, 0.5) is 11.4 Å². The van der Waals surface area contributed by atoms with Gasteiger partial charge in [0.25, 0.3) is 0 Å². The maximum absolute atomic E-state index is 12.6. The molecular formula is C24H25N7O3S3. The van der Waals surface area contributed by atoms with Crippen molar-refractivity contribution >= 4 is 68.3 Å². The van der Waals surface area contributed by atoms with Gasteiger partial charge in [0.15, 0.2) is 15.3 Å². The number of hydrogen-bond donors (Lipinski definition) is 2. The van der Waals surface area contributed by atoms with Crippen LogP contribution in [0.3, 0.4) is 0 Å². The smallest absolute Gasteiger partial charge is 0.234 e. The SMILES string of the molecule is Cn1c(SCC(=O)Nc2ccc3nc(SCC(=O)N4CCOCC4)sc3c2)nnc1-c1ccc(N)cc1. The number of aromatic nitrogens is 4. The average Bonchev–Trinajstić information content (AvgIpc) is 3.49. The number of benzene rings is 2. The van der Waals surface area contributed by atoms with Crippen LogP contribution >= 0.6 is 34.9 Å². The second-order valence-electron chi connectivity index (χ2n) is 8.27. The molecule has 10 nitrogen and oxygen atoms in total. The predicted octanol–water partition coefficient (Wildman–Crippen LogP) is 3.36. The number of amides is 2. The Balaban J connectivity index is 1.15. The highest BCUT2D eigenvalue weighted by molar-refractivity contribution is 8.01. The number of nitrogens with one attached hydrogen (secondary N) is 1. The molecule has 3 heterocycles. The van der Waals surface area contributed by atoms with Crippen LogP contribution in [-0.4, -0.2) is 74.3 Å². The number of hydrogen-bond acceptors (Lipinski definition) is 10. The fourth-order valence-corrected chi connectivity index (χ4v) is 6.44. The second-order valence-corrected chi connectivity index (χ2v) is 11.5. The average molecular weight is 556 g/mol. The molecule has 2 aromatic heterocycles. The molecule has 0 atom stereocenters. The van der Waals surface area contributed by atoms with Gasteiger partial charge in [-0.15, -0.1) is 21.5 Å². The first-order valence-corrected chi connectivity index (χ1v) is 14.3. The van der Waals surface area contributed by atoms with Crippen molar-refractivity contribution in [2.45, 2.75) is 9.50 Å². The zero-order chi connectivity index (χ0) is 25.8. The van der Waals surface area contributed by atoms with E-state index in [1.165, 1.54) is 34.9 Å². The van der Waals surface area contributed by atoms with Crippen LogP contribution < -0.4 is 11.1 Å². The second kappa shape index (κ2) is 11.5. The summed E-state index contributed by atoms with van der Waals surface area (Å²) >= 11 is 4.27. The third kappa shape index (κ3) is 6.24. The fraction of sp³-hybridized carbons (Fsp3) is 0.292. The van der Waals surface area contributed by atoms with Gasteiger partial charge in [-0.3, -0.25) is 9.59 Å². The van der Waals surface area contributed by atoms with E-state index in [0.29, 0.717) is 54.4 Å². The minimum Gasteiger partial charge on any atom is -0.399 e. The van der Waals surface area contributed by atoms with E-state index in [1.807, 2.05) is 59.0 Å². The topological polar surface area (TPSA) is 128 Å². The quantitative estimate of drug-likeness (QED) is 0.248. The monoisotopic (exact) mass is 555 g/mol. The van der Waals surface area contributed by atoms with Crippen LogP contribution in [0.2, 0.25) is 0 Å². The molecule has 0 radical (unpaired) electrons. The van der Waals surface area contributed by atoms with Crippen molar-refractivity contribution in [1.29, 1.82) is 0 Å². The summed E-state index contributed by atoms with van der Waals surface area (Å²) in [7, 11) is 1.87. The van der Waals surface area contributed by atoms with E-state index >= 15 is 0 Å². The van der Waals surface area contributed by atoms with Gasteiger partial charge in [0.2, 0.25) is 11.8 Å². The summed E-state index contributed by atoms with van der Waals surface area (Å²) in [5, 5.41) is 12.1. The molecule has 2 amide bonds. The van der Waals surface area contributed by atoms with Gasteiger partial charge < -0.3 is 25.3 Å². The Morgan fingerprint density at radius 1 is 1.08 bits per heavy atom. The summed E-state index contributed by atoms with van der Waals surface area (Å²) in [4.78, 5) is 31.4. The van der Waals surface area contributed by atoms with E-state index in [9.17, 15) is 9.59 Å². The first kappa shape index (κ1) is 25.5. The summed E-state index contributed by atoms with van der Waals surface area (Å²) in [5.41, 5.74) is 8.89. The maximum Gasteiger partial charge on any atom is 0.234 e. The number of rotatable bonds is 8. The van der Waals surface area contributed by atoms with Gasteiger partial charge in [-0.25, -0.2) is 4.98 Å². The minimum absolute atomic E-state index is 0.0986. The van der Waals surface area contributed by atoms with Crippen molar-refractivity contribution in [1.82, 2.24) is 24.6 Å². The van der Waals surface area contributed by atoms with Crippen LogP contribution in [0.25, 0.3) is 21.6 Å². The summed E-state index contributed by atoms with van der Waals surface area (Å²) in [6.45, 7) is 2.46. The number of thiazole rings is 1. The van der Waals surface area contributed by atoms with Crippen molar-refractivity contribution in [2.75, 3.05) is 48.9 Å². The Labute approximate surface area is 226 Å². The molecule has 0 unspecified atom stereocenters. The summed E-state index contributed by atoms with van der Waals surface area (Å²) in [6, 6.07) is 13.0. The van der Waals surface area contributed by atoms with Gasteiger partial charge in [0.1, 0.15) is 0 Å². The number of nitrogen functional groups attached to an aromatic ring is 1. The summed E-state index contributed by atoms with van der Waals surface area (Å²) in [5.74, 6) is 1.21. The van der Waals surface area contributed by atoms with E-state index in [1.54, 1.807) is 0 Å².